The van der Waals surface area contributed by atoms with Crippen LogP contribution in [-0.2, 0) is 17.8 Å². The van der Waals surface area contributed by atoms with Gasteiger partial charge in [-0.2, -0.15) is 0 Å². The van der Waals surface area contributed by atoms with Gasteiger partial charge in [0, 0.05) is 25.1 Å². The Morgan fingerprint density at radius 3 is 2.89 bits per heavy atom. The Hall–Kier alpha value is -2.23. The zero-order valence-corrected chi connectivity index (χ0v) is 11.0. The van der Waals surface area contributed by atoms with Crippen molar-refractivity contribution in [3.8, 4) is 0 Å². The number of anilines is 1. The van der Waals surface area contributed by atoms with Gasteiger partial charge in [0.05, 0.1) is 6.26 Å². The molecule has 0 radical (unpaired) electrons. The van der Waals surface area contributed by atoms with Crippen LogP contribution < -0.4 is 11.1 Å². The molecule has 4 nitrogen and oxygen atoms in total. The number of aryl methyl sites for hydroxylation is 1. The number of amides is 1. The minimum absolute atomic E-state index is 0.0122. The fraction of sp³-hybridized carbons (Fsp3) is 0.267. The molecule has 0 fully saturated rings. The monoisotopic (exact) mass is 258 g/mol. The van der Waals surface area contributed by atoms with Crippen LogP contribution >= 0.6 is 0 Å². The zero-order valence-electron chi connectivity index (χ0n) is 11.0. The second-order valence-corrected chi connectivity index (χ2v) is 4.49. The third-order valence-electron chi connectivity index (χ3n) is 3.14. The maximum Gasteiger partial charge on any atom is 0.220 e. The summed E-state index contributed by atoms with van der Waals surface area (Å²) in [7, 11) is 0. The molecule has 2 aromatic rings. The van der Waals surface area contributed by atoms with Gasteiger partial charge in [-0.3, -0.25) is 4.79 Å². The molecule has 0 saturated carbocycles. The number of nitrogen functional groups attached to an aromatic ring is 1. The fourth-order valence-corrected chi connectivity index (χ4v) is 1.87. The standard InChI is InChI=1S/C15H18N2O2/c1-11-12(4-2-6-14(11)16)10-17-15(18)8-7-13-5-3-9-19-13/h2-6,9H,7-8,10,16H2,1H3,(H,17,18). The van der Waals surface area contributed by atoms with E-state index in [9.17, 15) is 4.79 Å². The molecule has 0 atom stereocenters. The van der Waals surface area contributed by atoms with Crippen LogP contribution in [0.5, 0.6) is 0 Å². The minimum Gasteiger partial charge on any atom is -0.469 e. The molecule has 1 heterocycles. The molecule has 0 unspecified atom stereocenters. The number of carbonyl (C=O) groups is 1. The smallest absolute Gasteiger partial charge is 0.220 e. The van der Waals surface area contributed by atoms with E-state index in [0.29, 0.717) is 19.4 Å². The van der Waals surface area contributed by atoms with E-state index in [1.807, 2.05) is 37.3 Å². The first-order valence-corrected chi connectivity index (χ1v) is 6.30. The van der Waals surface area contributed by atoms with E-state index in [0.717, 1.165) is 22.6 Å². The number of nitrogens with two attached hydrogens (primary N) is 1. The van der Waals surface area contributed by atoms with Crippen LogP contribution in [0.25, 0.3) is 0 Å². The van der Waals surface area contributed by atoms with Gasteiger partial charge in [-0.15, -0.1) is 0 Å². The summed E-state index contributed by atoms with van der Waals surface area (Å²) in [5, 5.41) is 2.89. The molecule has 0 aliphatic rings. The van der Waals surface area contributed by atoms with Gasteiger partial charge in [-0.25, -0.2) is 0 Å². The van der Waals surface area contributed by atoms with E-state index >= 15 is 0 Å². The Kier molecular flexibility index (Phi) is 4.23. The van der Waals surface area contributed by atoms with Gasteiger partial charge in [0.2, 0.25) is 5.91 Å². The van der Waals surface area contributed by atoms with Crippen LogP contribution in [-0.4, -0.2) is 5.91 Å². The van der Waals surface area contributed by atoms with Crippen molar-refractivity contribution in [2.75, 3.05) is 5.73 Å². The van der Waals surface area contributed by atoms with Crippen LogP contribution in [0.2, 0.25) is 0 Å². The summed E-state index contributed by atoms with van der Waals surface area (Å²) in [6.45, 7) is 2.47. The summed E-state index contributed by atoms with van der Waals surface area (Å²) in [6, 6.07) is 9.42. The summed E-state index contributed by atoms with van der Waals surface area (Å²) in [5.41, 5.74) is 8.65. The number of furan rings is 1. The van der Waals surface area contributed by atoms with Crippen molar-refractivity contribution in [2.24, 2.45) is 0 Å². The lowest BCUT2D eigenvalue weighted by molar-refractivity contribution is -0.121. The van der Waals surface area contributed by atoms with E-state index in [4.69, 9.17) is 10.2 Å². The van der Waals surface area contributed by atoms with Gasteiger partial charge >= 0.3 is 0 Å². The quantitative estimate of drug-likeness (QED) is 0.809. The lowest BCUT2D eigenvalue weighted by Gasteiger charge is -2.09. The lowest BCUT2D eigenvalue weighted by Crippen LogP contribution is -2.23. The van der Waals surface area contributed by atoms with Crippen LogP contribution in [0.4, 0.5) is 5.69 Å². The summed E-state index contributed by atoms with van der Waals surface area (Å²) < 4.78 is 5.18. The summed E-state index contributed by atoms with van der Waals surface area (Å²) in [5.74, 6) is 0.841. The third-order valence-corrected chi connectivity index (χ3v) is 3.14. The van der Waals surface area contributed by atoms with Crippen molar-refractivity contribution in [3.05, 3.63) is 53.5 Å². The van der Waals surface area contributed by atoms with Crippen molar-refractivity contribution in [3.63, 3.8) is 0 Å². The summed E-state index contributed by atoms with van der Waals surface area (Å²) >= 11 is 0. The van der Waals surface area contributed by atoms with Crippen LogP contribution in [0.3, 0.4) is 0 Å². The molecule has 3 N–H and O–H groups in total. The molecule has 1 amide bonds. The molecular weight excluding hydrogens is 240 g/mol. The predicted molar refractivity (Wildman–Crippen MR) is 74.5 cm³/mol. The lowest BCUT2D eigenvalue weighted by atomic mass is 10.1. The number of nitrogens with one attached hydrogen (secondary N) is 1. The summed E-state index contributed by atoms with van der Waals surface area (Å²) in [6.07, 6.45) is 2.66. The van der Waals surface area contributed by atoms with Crippen molar-refractivity contribution < 1.29 is 9.21 Å². The average Bonchev–Trinajstić information content (AvgIpc) is 2.91. The second kappa shape index (κ2) is 6.09. The molecule has 100 valence electrons. The molecule has 1 aromatic carbocycles. The minimum atomic E-state index is 0.0122. The van der Waals surface area contributed by atoms with E-state index in [2.05, 4.69) is 5.32 Å². The van der Waals surface area contributed by atoms with E-state index < -0.39 is 0 Å². The number of carbonyl (C=O) groups excluding carboxylic acids is 1. The maximum atomic E-state index is 11.7. The Balaban J connectivity index is 1.81. The molecular formula is C15H18N2O2. The number of hydrogen-bond acceptors (Lipinski definition) is 3. The predicted octanol–water partition coefficient (Wildman–Crippen LogP) is 2.42. The first-order valence-electron chi connectivity index (χ1n) is 6.30. The molecule has 0 aliphatic heterocycles. The molecule has 0 aliphatic carbocycles. The molecule has 0 saturated heterocycles. The van der Waals surface area contributed by atoms with Crippen molar-refractivity contribution in [1.29, 1.82) is 0 Å². The first-order chi connectivity index (χ1) is 9.16. The van der Waals surface area contributed by atoms with Crippen molar-refractivity contribution >= 4 is 11.6 Å². The molecule has 1 aromatic heterocycles. The summed E-state index contributed by atoms with van der Waals surface area (Å²) in [4.78, 5) is 11.7. The Morgan fingerprint density at radius 1 is 1.32 bits per heavy atom. The van der Waals surface area contributed by atoms with Gasteiger partial charge in [0.25, 0.3) is 0 Å². The normalized spacial score (nSPS) is 10.4. The van der Waals surface area contributed by atoms with Gasteiger partial charge in [-0.1, -0.05) is 12.1 Å². The van der Waals surface area contributed by atoms with E-state index in [-0.39, 0.29) is 5.91 Å². The second-order valence-electron chi connectivity index (χ2n) is 4.49. The maximum absolute atomic E-state index is 11.7. The van der Waals surface area contributed by atoms with Gasteiger partial charge < -0.3 is 15.5 Å². The average molecular weight is 258 g/mol. The Labute approximate surface area is 112 Å². The van der Waals surface area contributed by atoms with Gasteiger partial charge in [0.15, 0.2) is 0 Å². The topological polar surface area (TPSA) is 68.3 Å². The first kappa shape index (κ1) is 13.2. The Bertz CT molecular complexity index is 547. The fourth-order valence-electron chi connectivity index (χ4n) is 1.87. The molecule has 0 bridgehead atoms. The van der Waals surface area contributed by atoms with Crippen LogP contribution in [0.1, 0.15) is 23.3 Å². The van der Waals surface area contributed by atoms with Crippen LogP contribution in [0.15, 0.2) is 41.0 Å². The number of benzene rings is 1. The van der Waals surface area contributed by atoms with Crippen LogP contribution in [0, 0.1) is 6.92 Å². The molecule has 4 heteroatoms. The highest BCUT2D eigenvalue weighted by Crippen LogP contribution is 2.15. The van der Waals surface area contributed by atoms with Crippen molar-refractivity contribution in [2.45, 2.75) is 26.3 Å². The van der Waals surface area contributed by atoms with Crippen molar-refractivity contribution in [1.82, 2.24) is 5.32 Å². The van der Waals surface area contributed by atoms with Gasteiger partial charge in [0.1, 0.15) is 5.76 Å². The number of rotatable bonds is 5. The Morgan fingerprint density at radius 2 is 2.16 bits per heavy atom. The molecule has 2 rings (SSSR count). The highest BCUT2D eigenvalue weighted by atomic mass is 16.3. The highest BCUT2D eigenvalue weighted by molar-refractivity contribution is 5.76. The van der Waals surface area contributed by atoms with E-state index in [1.165, 1.54) is 0 Å². The highest BCUT2D eigenvalue weighted by Gasteiger charge is 2.06. The SMILES string of the molecule is Cc1c(N)cccc1CNC(=O)CCc1ccco1. The number of hydrogen-bond donors (Lipinski definition) is 2. The van der Waals surface area contributed by atoms with Gasteiger partial charge in [-0.05, 0) is 36.2 Å². The largest absolute Gasteiger partial charge is 0.469 e. The molecule has 19 heavy (non-hydrogen) atoms. The van der Waals surface area contributed by atoms with E-state index in [1.54, 1.807) is 6.26 Å². The molecule has 0 spiro atoms. The third kappa shape index (κ3) is 3.61. The zero-order chi connectivity index (χ0) is 13.7.